The van der Waals surface area contributed by atoms with Gasteiger partial charge in [-0.1, -0.05) is 0 Å². The first-order valence-corrected chi connectivity index (χ1v) is 8.05. The van der Waals surface area contributed by atoms with E-state index in [0.29, 0.717) is 25.5 Å². The fraction of sp³-hybridized carbons (Fsp3) is 0.412. The molecule has 3 heterocycles. The second-order valence-electron chi connectivity index (χ2n) is 5.71. The number of amides is 1. The van der Waals surface area contributed by atoms with Gasteiger partial charge in [0.1, 0.15) is 0 Å². The lowest BCUT2D eigenvalue weighted by molar-refractivity contribution is 0.0789. The first-order chi connectivity index (χ1) is 11.7. The summed E-state index contributed by atoms with van der Waals surface area (Å²) < 4.78 is 5.32. The lowest BCUT2D eigenvalue weighted by Crippen LogP contribution is -2.37. The summed E-state index contributed by atoms with van der Waals surface area (Å²) in [7, 11) is 1.78. The van der Waals surface area contributed by atoms with Crippen molar-refractivity contribution in [2.24, 2.45) is 0 Å². The Labute approximate surface area is 141 Å². The number of pyridine rings is 1. The van der Waals surface area contributed by atoms with Gasteiger partial charge in [-0.3, -0.25) is 9.78 Å². The molecule has 2 aromatic heterocycles. The molecule has 2 aromatic rings. The predicted molar refractivity (Wildman–Crippen MR) is 90.0 cm³/mol. The Kier molecular flexibility index (Phi) is 5.32. The number of carbonyl (C=O) groups is 1. The molecule has 7 nitrogen and oxygen atoms in total. The van der Waals surface area contributed by atoms with Crippen molar-refractivity contribution in [2.75, 3.05) is 44.8 Å². The van der Waals surface area contributed by atoms with Gasteiger partial charge in [-0.05, 0) is 36.2 Å². The molecule has 0 aromatic carbocycles. The zero-order valence-corrected chi connectivity index (χ0v) is 13.8. The van der Waals surface area contributed by atoms with Crippen molar-refractivity contribution >= 4 is 11.7 Å². The molecule has 1 saturated heterocycles. The summed E-state index contributed by atoms with van der Waals surface area (Å²) in [5, 5.41) is 8.28. The molecule has 1 fully saturated rings. The molecule has 1 amide bonds. The van der Waals surface area contributed by atoms with Crippen molar-refractivity contribution in [3.63, 3.8) is 0 Å². The first kappa shape index (κ1) is 16.3. The Morgan fingerprint density at radius 3 is 2.58 bits per heavy atom. The Hall–Kier alpha value is -2.54. The zero-order valence-electron chi connectivity index (χ0n) is 13.8. The Morgan fingerprint density at radius 1 is 1.17 bits per heavy atom. The van der Waals surface area contributed by atoms with Crippen LogP contribution in [0.3, 0.4) is 0 Å². The summed E-state index contributed by atoms with van der Waals surface area (Å²) in [5.74, 6) is 0.666. The molecule has 0 atom stereocenters. The molecule has 3 rings (SSSR count). The van der Waals surface area contributed by atoms with E-state index >= 15 is 0 Å². The minimum Gasteiger partial charge on any atom is -0.378 e. The van der Waals surface area contributed by atoms with Crippen LogP contribution in [0.15, 0.2) is 36.7 Å². The highest BCUT2D eigenvalue weighted by Gasteiger charge is 2.16. The average molecular weight is 327 g/mol. The highest BCUT2D eigenvalue weighted by molar-refractivity contribution is 5.92. The van der Waals surface area contributed by atoms with Crippen LogP contribution in [0, 0.1) is 0 Å². The van der Waals surface area contributed by atoms with Crippen LogP contribution in [0.2, 0.25) is 0 Å². The second kappa shape index (κ2) is 7.83. The molecule has 0 bridgehead atoms. The van der Waals surface area contributed by atoms with Gasteiger partial charge in [-0.25, -0.2) is 0 Å². The molecule has 7 heteroatoms. The number of hydrogen-bond acceptors (Lipinski definition) is 6. The summed E-state index contributed by atoms with van der Waals surface area (Å²) >= 11 is 0. The smallest absolute Gasteiger partial charge is 0.274 e. The number of morpholine rings is 1. The Balaban J connectivity index is 1.57. The van der Waals surface area contributed by atoms with Gasteiger partial charge in [0.05, 0.1) is 13.2 Å². The lowest BCUT2D eigenvalue weighted by atomic mass is 10.2. The van der Waals surface area contributed by atoms with E-state index in [1.165, 1.54) is 0 Å². The Bertz CT molecular complexity index is 656. The van der Waals surface area contributed by atoms with E-state index in [0.717, 1.165) is 30.9 Å². The molecule has 0 unspecified atom stereocenters. The van der Waals surface area contributed by atoms with Crippen LogP contribution < -0.4 is 4.90 Å². The molecule has 1 aliphatic heterocycles. The molecule has 0 radical (unpaired) electrons. The number of nitrogens with zero attached hydrogens (tertiary/aromatic N) is 5. The van der Waals surface area contributed by atoms with Crippen LogP contribution in [0.25, 0.3) is 0 Å². The number of anilines is 1. The zero-order chi connectivity index (χ0) is 16.8. The third-order valence-corrected chi connectivity index (χ3v) is 4.04. The van der Waals surface area contributed by atoms with E-state index < -0.39 is 0 Å². The molecular weight excluding hydrogens is 306 g/mol. The van der Waals surface area contributed by atoms with Gasteiger partial charge in [0, 0.05) is 39.1 Å². The van der Waals surface area contributed by atoms with Crippen molar-refractivity contribution < 1.29 is 9.53 Å². The van der Waals surface area contributed by atoms with Crippen molar-refractivity contribution in [1.82, 2.24) is 20.1 Å². The lowest BCUT2D eigenvalue weighted by Gasteiger charge is -2.27. The van der Waals surface area contributed by atoms with Gasteiger partial charge in [0.25, 0.3) is 5.91 Å². The third-order valence-electron chi connectivity index (χ3n) is 4.04. The molecule has 1 aliphatic rings. The van der Waals surface area contributed by atoms with Crippen molar-refractivity contribution in [1.29, 1.82) is 0 Å². The number of carbonyl (C=O) groups excluding carboxylic acids is 1. The van der Waals surface area contributed by atoms with Gasteiger partial charge in [-0.2, -0.15) is 0 Å². The highest BCUT2D eigenvalue weighted by Crippen LogP contribution is 2.12. The fourth-order valence-corrected chi connectivity index (χ4v) is 2.54. The van der Waals surface area contributed by atoms with Crippen molar-refractivity contribution in [2.45, 2.75) is 6.42 Å². The average Bonchev–Trinajstić information content (AvgIpc) is 2.67. The number of aromatic nitrogens is 3. The van der Waals surface area contributed by atoms with E-state index in [4.69, 9.17) is 4.74 Å². The summed E-state index contributed by atoms with van der Waals surface area (Å²) in [6.07, 6.45) is 4.30. The van der Waals surface area contributed by atoms with Crippen LogP contribution in [0.1, 0.15) is 16.1 Å². The van der Waals surface area contributed by atoms with Gasteiger partial charge in [0.15, 0.2) is 11.5 Å². The normalized spacial score (nSPS) is 14.5. The standard InChI is InChI=1S/C17H21N5O2/c1-21(9-6-14-4-7-18-8-5-14)17(23)15-2-3-16(20-19-15)22-10-12-24-13-11-22/h2-5,7-8H,6,9-13H2,1H3. The second-order valence-corrected chi connectivity index (χ2v) is 5.71. The minimum atomic E-state index is -0.120. The van der Waals surface area contributed by atoms with Crippen LogP contribution in [0.5, 0.6) is 0 Å². The van der Waals surface area contributed by atoms with E-state index in [2.05, 4.69) is 20.1 Å². The van der Waals surface area contributed by atoms with Crippen molar-refractivity contribution in [3.05, 3.63) is 47.9 Å². The Morgan fingerprint density at radius 2 is 1.92 bits per heavy atom. The summed E-state index contributed by atoms with van der Waals surface area (Å²) in [6.45, 7) is 3.61. The number of hydrogen-bond donors (Lipinski definition) is 0. The van der Waals surface area contributed by atoms with Crippen LogP contribution in [0.4, 0.5) is 5.82 Å². The highest BCUT2D eigenvalue weighted by atomic mass is 16.5. The minimum absolute atomic E-state index is 0.120. The van der Waals surface area contributed by atoms with Crippen LogP contribution >= 0.6 is 0 Å². The molecule has 0 aliphatic carbocycles. The topological polar surface area (TPSA) is 71.5 Å². The summed E-state index contributed by atoms with van der Waals surface area (Å²) in [5.41, 5.74) is 1.52. The molecule has 126 valence electrons. The maximum Gasteiger partial charge on any atom is 0.274 e. The van der Waals surface area contributed by atoms with E-state index in [1.807, 2.05) is 18.2 Å². The summed E-state index contributed by atoms with van der Waals surface area (Å²) in [4.78, 5) is 20.2. The van der Waals surface area contributed by atoms with Gasteiger partial charge in [0.2, 0.25) is 0 Å². The largest absolute Gasteiger partial charge is 0.378 e. The molecule has 0 saturated carbocycles. The molecular formula is C17H21N5O2. The molecule has 24 heavy (non-hydrogen) atoms. The van der Waals surface area contributed by atoms with Gasteiger partial charge >= 0.3 is 0 Å². The predicted octanol–water partition coefficient (Wildman–Crippen LogP) is 1.02. The van der Waals surface area contributed by atoms with E-state index in [1.54, 1.807) is 30.4 Å². The number of likely N-dealkylation sites (N-methyl/N-ethyl adjacent to an activating group) is 1. The molecule has 0 N–H and O–H groups in total. The van der Waals surface area contributed by atoms with E-state index in [9.17, 15) is 4.79 Å². The number of ether oxygens (including phenoxy) is 1. The first-order valence-electron chi connectivity index (χ1n) is 8.05. The third kappa shape index (κ3) is 4.05. The van der Waals surface area contributed by atoms with Gasteiger partial charge in [-0.15, -0.1) is 10.2 Å². The summed E-state index contributed by atoms with van der Waals surface area (Å²) in [6, 6.07) is 7.50. The maximum atomic E-state index is 12.4. The molecule has 0 spiro atoms. The van der Waals surface area contributed by atoms with Gasteiger partial charge < -0.3 is 14.5 Å². The van der Waals surface area contributed by atoms with E-state index in [-0.39, 0.29) is 5.91 Å². The quantitative estimate of drug-likeness (QED) is 0.817. The fourth-order valence-electron chi connectivity index (χ4n) is 2.54. The number of rotatable bonds is 5. The maximum absolute atomic E-state index is 12.4. The SMILES string of the molecule is CN(CCc1ccncc1)C(=O)c1ccc(N2CCOCC2)nn1. The van der Waals surface area contributed by atoms with Crippen molar-refractivity contribution in [3.8, 4) is 0 Å². The monoisotopic (exact) mass is 327 g/mol. The van der Waals surface area contributed by atoms with Crippen LogP contribution in [-0.2, 0) is 11.2 Å². The van der Waals surface area contributed by atoms with Crippen LogP contribution in [-0.4, -0.2) is 65.9 Å².